The molecular weight excluding hydrogens is 253 g/mol. The summed E-state index contributed by atoms with van der Waals surface area (Å²) in [5.74, 6) is 0.114. The number of hydrogen-bond acceptors (Lipinski definition) is 3. The Bertz CT molecular complexity index is 576. The molecule has 0 amide bonds. The molecule has 18 heavy (non-hydrogen) atoms. The van der Waals surface area contributed by atoms with Crippen LogP contribution in [0.25, 0.3) is 11.4 Å². The van der Waals surface area contributed by atoms with Crippen LogP contribution in [0.1, 0.15) is 17.0 Å². The Kier molecular flexibility index (Phi) is 3.59. The number of nitrogens with two attached hydrogens (primary N) is 1. The van der Waals surface area contributed by atoms with Crippen molar-refractivity contribution in [3.05, 3.63) is 46.0 Å². The van der Waals surface area contributed by atoms with Gasteiger partial charge in [-0.3, -0.25) is 0 Å². The summed E-state index contributed by atoms with van der Waals surface area (Å²) in [4.78, 5) is 8.74. The number of rotatable bonds is 2. The summed E-state index contributed by atoms with van der Waals surface area (Å²) in [5, 5.41) is 0.300. The minimum absolute atomic E-state index is 0.300. The molecule has 1 aromatic carbocycles. The highest BCUT2D eigenvalue weighted by Crippen LogP contribution is 2.27. The van der Waals surface area contributed by atoms with Crippen molar-refractivity contribution in [2.24, 2.45) is 5.73 Å². The van der Waals surface area contributed by atoms with Gasteiger partial charge in [-0.15, -0.1) is 0 Å². The van der Waals surface area contributed by atoms with Crippen molar-refractivity contribution in [3.8, 4) is 11.4 Å². The van der Waals surface area contributed by atoms with E-state index in [1.807, 2.05) is 13.8 Å². The normalized spacial score (nSPS) is 10.7. The van der Waals surface area contributed by atoms with Crippen molar-refractivity contribution in [1.29, 1.82) is 0 Å². The van der Waals surface area contributed by atoms with Crippen LogP contribution in [0.5, 0.6) is 0 Å². The van der Waals surface area contributed by atoms with E-state index in [0.29, 0.717) is 23.0 Å². The quantitative estimate of drug-likeness (QED) is 0.908. The molecule has 2 aromatic rings. The van der Waals surface area contributed by atoms with Crippen LogP contribution in [0, 0.1) is 19.7 Å². The van der Waals surface area contributed by atoms with E-state index in [1.54, 1.807) is 6.07 Å². The second-order valence-electron chi connectivity index (χ2n) is 4.02. The monoisotopic (exact) mass is 265 g/mol. The maximum absolute atomic E-state index is 13.0. The molecule has 0 radical (unpaired) electrons. The topological polar surface area (TPSA) is 51.8 Å². The Labute approximate surface area is 110 Å². The van der Waals surface area contributed by atoms with E-state index < -0.39 is 0 Å². The lowest BCUT2D eigenvalue weighted by atomic mass is 10.1. The zero-order chi connectivity index (χ0) is 13.3. The lowest BCUT2D eigenvalue weighted by Gasteiger charge is -2.10. The van der Waals surface area contributed by atoms with Crippen LogP contribution >= 0.6 is 11.6 Å². The van der Waals surface area contributed by atoms with Crippen molar-refractivity contribution < 1.29 is 4.39 Å². The number of nitrogens with zero attached hydrogens (tertiary/aromatic N) is 2. The van der Waals surface area contributed by atoms with Gasteiger partial charge < -0.3 is 5.73 Å². The maximum atomic E-state index is 13.0. The average molecular weight is 266 g/mol. The molecule has 0 atom stereocenters. The van der Waals surface area contributed by atoms with Gasteiger partial charge in [0.2, 0.25) is 0 Å². The maximum Gasteiger partial charge on any atom is 0.161 e. The van der Waals surface area contributed by atoms with Crippen LogP contribution in [-0.2, 0) is 6.54 Å². The van der Waals surface area contributed by atoms with Gasteiger partial charge in [-0.1, -0.05) is 11.6 Å². The minimum Gasteiger partial charge on any atom is -0.326 e. The molecule has 0 aliphatic carbocycles. The SMILES string of the molecule is Cc1nc(-c2ccc(F)cc2Cl)nc(C)c1CN. The molecule has 0 bridgehead atoms. The highest BCUT2D eigenvalue weighted by Gasteiger charge is 2.11. The van der Waals surface area contributed by atoms with Crippen molar-refractivity contribution in [2.45, 2.75) is 20.4 Å². The van der Waals surface area contributed by atoms with Crippen LogP contribution < -0.4 is 5.73 Å². The summed E-state index contributed by atoms with van der Waals surface area (Å²) in [7, 11) is 0. The van der Waals surface area contributed by atoms with Gasteiger partial charge in [-0.25, -0.2) is 14.4 Å². The fourth-order valence-electron chi connectivity index (χ4n) is 1.83. The van der Waals surface area contributed by atoms with Crippen LogP contribution in [0.4, 0.5) is 4.39 Å². The molecule has 5 heteroatoms. The summed E-state index contributed by atoms with van der Waals surface area (Å²) in [6.07, 6.45) is 0. The number of aryl methyl sites for hydroxylation is 2. The third-order valence-corrected chi connectivity index (χ3v) is 3.11. The predicted octanol–water partition coefficient (Wildman–Crippen LogP) is 3.01. The summed E-state index contributed by atoms with van der Waals surface area (Å²) >= 11 is 6.00. The average Bonchev–Trinajstić information content (AvgIpc) is 2.28. The number of benzene rings is 1. The highest BCUT2D eigenvalue weighted by atomic mass is 35.5. The zero-order valence-electron chi connectivity index (χ0n) is 10.2. The van der Waals surface area contributed by atoms with Gasteiger partial charge in [0.05, 0.1) is 5.02 Å². The first-order chi connectivity index (χ1) is 8.52. The van der Waals surface area contributed by atoms with E-state index in [0.717, 1.165) is 17.0 Å². The third-order valence-electron chi connectivity index (χ3n) is 2.80. The Morgan fingerprint density at radius 3 is 2.33 bits per heavy atom. The Morgan fingerprint density at radius 2 is 1.83 bits per heavy atom. The van der Waals surface area contributed by atoms with Gasteiger partial charge in [-0.2, -0.15) is 0 Å². The van der Waals surface area contributed by atoms with Crippen LogP contribution in [0.15, 0.2) is 18.2 Å². The van der Waals surface area contributed by atoms with Gasteiger partial charge in [-0.05, 0) is 32.0 Å². The van der Waals surface area contributed by atoms with E-state index in [1.165, 1.54) is 12.1 Å². The first-order valence-electron chi connectivity index (χ1n) is 5.52. The summed E-state index contributed by atoms with van der Waals surface area (Å²) < 4.78 is 13.0. The predicted molar refractivity (Wildman–Crippen MR) is 69.8 cm³/mol. The standard InChI is InChI=1S/C13H13ClFN3/c1-7-11(6-16)8(2)18-13(17-7)10-4-3-9(15)5-12(10)14/h3-5H,6,16H2,1-2H3. The molecule has 0 spiro atoms. The molecule has 1 aromatic heterocycles. The highest BCUT2D eigenvalue weighted by molar-refractivity contribution is 6.33. The molecule has 2 rings (SSSR count). The van der Waals surface area contributed by atoms with E-state index in [2.05, 4.69) is 9.97 Å². The molecule has 2 N–H and O–H groups in total. The van der Waals surface area contributed by atoms with E-state index in [4.69, 9.17) is 17.3 Å². The lowest BCUT2D eigenvalue weighted by Crippen LogP contribution is -2.07. The molecule has 1 heterocycles. The fourth-order valence-corrected chi connectivity index (χ4v) is 2.08. The van der Waals surface area contributed by atoms with Crippen LogP contribution in [0.2, 0.25) is 5.02 Å². The lowest BCUT2D eigenvalue weighted by molar-refractivity contribution is 0.628. The molecular formula is C13H13ClFN3. The van der Waals surface area contributed by atoms with Crippen molar-refractivity contribution in [2.75, 3.05) is 0 Å². The largest absolute Gasteiger partial charge is 0.326 e. The third kappa shape index (κ3) is 2.35. The molecule has 0 saturated carbocycles. The van der Waals surface area contributed by atoms with Crippen LogP contribution in [-0.4, -0.2) is 9.97 Å². The minimum atomic E-state index is -0.379. The Balaban J connectivity index is 2.58. The number of hydrogen-bond donors (Lipinski definition) is 1. The van der Waals surface area contributed by atoms with Gasteiger partial charge in [0.1, 0.15) is 5.82 Å². The summed E-state index contributed by atoms with van der Waals surface area (Å²) in [6.45, 7) is 4.14. The first-order valence-corrected chi connectivity index (χ1v) is 5.90. The Morgan fingerprint density at radius 1 is 1.22 bits per heavy atom. The van der Waals surface area contributed by atoms with Gasteiger partial charge >= 0.3 is 0 Å². The molecule has 94 valence electrons. The summed E-state index contributed by atoms with van der Waals surface area (Å²) in [5.41, 5.74) is 8.82. The zero-order valence-corrected chi connectivity index (χ0v) is 10.9. The molecule has 0 saturated heterocycles. The van der Waals surface area contributed by atoms with Gasteiger partial charge in [0.25, 0.3) is 0 Å². The fraction of sp³-hybridized carbons (Fsp3) is 0.231. The molecule has 0 aliphatic heterocycles. The smallest absolute Gasteiger partial charge is 0.161 e. The number of halogens is 2. The Hall–Kier alpha value is -1.52. The molecule has 0 unspecified atom stereocenters. The molecule has 0 aliphatic rings. The van der Waals surface area contributed by atoms with Gasteiger partial charge in [0, 0.05) is 29.1 Å². The van der Waals surface area contributed by atoms with E-state index >= 15 is 0 Å². The molecule has 3 nitrogen and oxygen atoms in total. The van der Waals surface area contributed by atoms with Gasteiger partial charge in [0.15, 0.2) is 5.82 Å². The van der Waals surface area contributed by atoms with Crippen molar-refractivity contribution >= 4 is 11.6 Å². The second kappa shape index (κ2) is 5.00. The van der Waals surface area contributed by atoms with Crippen LogP contribution in [0.3, 0.4) is 0 Å². The van der Waals surface area contributed by atoms with E-state index in [-0.39, 0.29) is 5.82 Å². The second-order valence-corrected chi connectivity index (χ2v) is 4.43. The van der Waals surface area contributed by atoms with E-state index in [9.17, 15) is 4.39 Å². The molecule has 0 fully saturated rings. The first kappa shape index (κ1) is 12.9. The summed E-state index contributed by atoms with van der Waals surface area (Å²) in [6, 6.07) is 4.17. The van der Waals surface area contributed by atoms with Crippen molar-refractivity contribution in [3.63, 3.8) is 0 Å². The van der Waals surface area contributed by atoms with Crippen molar-refractivity contribution in [1.82, 2.24) is 9.97 Å². The number of aromatic nitrogens is 2.